The number of carbonyl (C=O) groups excluding carboxylic acids is 1. The highest BCUT2D eigenvalue weighted by atomic mass is 16.5. The Balaban J connectivity index is 1.24. The minimum Gasteiger partial charge on any atom is -0.476 e. The lowest BCUT2D eigenvalue weighted by molar-refractivity contribution is 0.0653. The van der Waals surface area contributed by atoms with Crippen molar-refractivity contribution < 1.29 is 9.53 Å². The molecule has 8 nitrogen and oxygen atoms in total. The Labute approximate surface area is 146 Å². The quantitative estimate of drug-likeness (QED) is 0.817. The number of likely N-dealkylation sites (tertiary alicyclic amines) is 1. The number of hydrogen-bond acceptors (Lipinski definition) is 6. The molecule has 0 radical (unpaired) electrons. The zero-order valence-electron chi connectivity index (χ0n) is 14.3. The van der Waals surface area contributed by atoms with Crippen LogP contribution >= 0.6 is 0 Å². The van der Waals surface area contributed by atoms with E-state index in [1.165, 1.54) is 12.8 Å². The minimum absolute atomic E-state index is 0.0472. The van der Waals surface area contributed by atoms with E-state index in [4.69, 9.17) is 4.74 Å². The summed E-state index contributed by atoms with van der Waals surface area (Å²) in [7, 11) is 1.76. The zero-order chi connectivity index (χ0) is 17.2. The number of piperidine rings is 1. The summed E-state index contributed by atoms with van der Waals surface area (Å²) >= 11 is 0. The van der Waals surface area contributed by atoms with Gasteiger partial charge in [-0.1, -0.05) is 5.21 Å². The molecule has 1 saturated heterocycles. The lowest BCUT2D eigenvalue weighted by atomic mass is 9.97. The van der Waals surface area contributed by atoms with Gasteiger partial charge in [-0.25, -0.2) is 0 Å². The average molecular weight is 342 g/mol. The van der Waals surface area contributed by atoms with Crippen LogP contribution in [0.4, 0.5) is 0 Å². The van der Waals surface area contributed by atoms with Crippen LogP contribution in [0, 0.1) is 5.92 Å². The van der Waals surface area contributed by atoms with Crippen molar-refractivity contribution in [1.82, 2.24) is 30.1 Å². The predicted molar refractivity (Wildman–Crippen MR) is 89.1 cm³/mol. The molecule has 1 amide bonds. The number of hydrogen-bond donors (Lipinski definition) is 0. The number of ether oxygens (including phenoxy) is 1. The molecule has 4 rings (SSSR count). The largest absolute Gasteiger partial charge is 0.476 e. The van der Waals surface area contributed by atoms with Gasteiger partial charge in [-0.3, -0.25) is 9.48 Å². The third-order valence-corrected chi connectivity index (χ3v) is 4.85. The van der Waals surface area contributed by atoms with E-state index in [1.54, 1.807) is 17.9 Å². The van der Waals surface area contributed by atoms with Gasteiger partial charge in [0.2, 0.25) is 5.88 Å². The summed E-state index contributed by atoms with van der Waals surface area (Å²) in [4.78, 5) is 14.2. The fraction of sp³-hybridized carbons (Fsp3) is 0.588. The van der Waals surface area contributed by atoms with E-state index in [-0.39, 0.29) is 5.91 Å². The van der Waals surface area contributed by atoms with Gasteiger partial charge >= 0.3 is 0 Å². The summed E-state index contributed by atoms with van der Waals surface area (Å²) in [6.45, 7) is 2.05. The Morgan fingerprint density at radius 1 is 1.16 bits per heavy atom. The molecular weight excluding hydrogens is 320 g/mol. The third kappa shape index (κ3) is 3.78. The molecular formula is C17H22N6O2. The van der Waals surface area contributed by atoms with Crippen molar-refractivity contribution >= 4 is 5.91 Å². The first-order valence-corrected chi connectivity index (χ1v) is 8.81. The molecule has 1 aliphatic heterocycles. The van der Waals surface area contributed by atoms with E-state index in [2.05, 4.69) is 20.5 Å². The van der Waals surface area contributed by atoms with Gasteiger partial charge in [-0.2, -0.15) is 5.10 Å². The number of nitrogens with zero attached hydrogens (tertiary/aromatic N) is 6. The number of carbonyl (C=O) groups is 1. The van der Waals surface area contributed by atoms with E-state index in [1.807, 2.05) is 17.0 Å². The van der Waals surface area contributed by atoms with Crippen molar-refractivity contribution in [2.24, 2.45) is 13.0 Å². The highest BCUT2D eigenvalue weighted by Crippen LogP contribution is 2.38. The second-order valence-electron chi connectivity index (χ2n) is 6.89. The van der Waals surface area contributed by atoms with Crippen LogP contribution in [0.1, 0.15) is 47.8 Å². The van der Waals surface area contributed by atoms with E-state index >= 15 is 0 Å². The summed E-state index contributed by atoms with van der Waals surface area (Å²) in [6, 6.07) is 3.93. The molecule has 1 aliphatic carbocycles. The maximum atomic E-state index is 12.4. The molecule has 2 aromatic rings. The first kappa shape index (κ1) is 16.0. The Morgan fingerprint density at radius 2 is 1.96 bits per heavy atom. The molecule has 0 atom stereocenters. The maximum Gasteiger partial charge on any atom is 0.276 e. The van der Waals surface area contributed by atoms with Crippen LogP contribution in [0.25, 0.3) is 0 Å². The van der Waals surface area contributed by atoms with Crippen LogP contribution < -0.4 is 4.74 Å². The Morgan fingerprint density at radius 3 is 2.56 bits per heavy atom. The molecule has 1 saturated carbocycles. The lowest BCUT2D eigenvalue weighted by Crippen LogP contribution is -2.39. The molecule has 8 heteroatoms. The van der Waals surface area contributed by atoms with Crippen molar-refractivity contribution in [2.75, 3.05) is 19.7 Å². The summed E-state index contributed by atoms with van der Waals surface area (Å²) < 4.78 is 7.33. The van der Waals surface area contributed by atoms with E-state index in [9.17, 15) is 4.79 Å². The van der Waals surface area contributed by atoms with Crippen molar-refractivity contribution in [1.29, 1.82) is 0 Å². The molecule has 132 valence electrons. The molecule has 0 aromatic carbocycles. The van der Waals surface area contributed by atoms with Crippen LogP contribution in [0.3, 0.4) is 0 Å². The topological polar surface area (TPSA) is 86.0 Å². The second-order valence-corrected chi connectivity index (χ2v) is 6.89. The first-order valence-electron chi connectivity index (χ1n) is 8.81. The highest BCUT2D eigenvalue weighted by molar-refractivity contribution is 5.91. The van der Waals surface area contributed by atoms with E-state index < -0.39 is 0 Å². The smallest absolute Gasteiger partial charge is 0.276 e. The van der Waals surface area contributed by atoms with Crippen LogP contribution in [-0.2, 0) is 7.05 Å². The third-order valence-electron chi connectivity index (χ3n) is 4.85. The van der Waals surface area contributed by atoms with Gasteiger partial charge in [0, 0.05) is 32.1 Å². The van der Waals surface area contributed by atoms with Gasteiger partial charge in [0.1, 0.15) is 0 Å². The van der Waals surface area contributed by atoms with E-state index in [0.717, 1.165) is 31.6 Å². The minimum atomic E-state index is -0.0472. The fourth-order valence-electron chi connectivity index (χ4n) is 3.12. The molecule has 0 N–H and O–H groups in total. The average Bonchev–Trinajstić information content (AvgIpc) is 3.41. The Bertz CT molecular complexity index is 732. The van der Waals surface area contributed by atoms with Crippen LogP contribution in [-0.4, -0.2) is 55.7 Å². The molecule has 3 heterocycles. The van der Waals surface area contributed by atoms with Gasteiger partial charge in [-0.05, 0) is 37.7 Å². The monoisotopic (exact) mass is 342 g/mol. The molecule has 2 aromatic heterocycles. The molecule has 25 heavy (non-hydrogen) atoms. The summed E-state index contributed by atoms with van der Waals surface area (Å²) in [6.07, 6.45) is 5.93. The maximum absolute atomic E-state index is 12.4. The van der Waals surface area contributed by atoms with Crippen LogP contribution in [0.15, 0.2) is 18.3 Å². The zero-order valence-corrected chi connectivity index (χ0v) is 14.3. The van der Waals surface area contributed by atoms with E-state index in [0.29, 0.717) is 30.0 Å². The lowest BCUT2D eigenvalue weighted by Gasteiger charge is -2.31. The summed E-state index contributed by atoms with van der Waals surface area (Å²) in [5.41, 5.74) is 1.48. The molecule has 0 spiro atoms. The Kier molecular flexibility index (Phi) is 4.33. The number of aromatic nitrogens is 5. The number of rotatable bonds is 5. The fourth-order valence-corrected chi connectivity index (χ4v) is 3.12. The summed E-state index contributed by atoms with van der Waals surface area (Å²) in [5, 5.41) is 16.1. The van der Waals surface area contributed by atoms with Crippen molar-refractivity contribution in [2.45, 2.75) is 31.6 Å². The second kappa shape index (κ2) is 6.78. The van der Waals surface area contributed by atoms with Crippen molar-refractivity contribution in [3.05, 3.63) is 29.7 Å². The molecule has 0 bridgehead atoms. The van der Waals surface area contributed by atoms with Crippen LogP contribution in [0.5, 0.6) is 5.88 Å². The number of amides is 1. The first-order chi connectivity index (χ1) is 12.2. The number of aryl methyl sites for hydroxylation is 1. The van der Waals surface area contributed by atoms with Gasteiger partial charge < -0.3 is 9.64 Å². The van der Waals surface area contributed by atoms with Gasteiger partial charge in [0.25, 0.3) is 5.91 Å². The standard InChI is InChI=1S/C17H22N6O2/c1-22-10-15(19-21-22)17(24)23-8-6-12(7-9-23)11-25-16-5-4-14(18-20-16)13-2-3-13/h4-5,10,12-13H,2-3,6-9,11H2,1H3. The van der Waals surface area contributed by atoms with Gasteiger partial charge in [0.05, 0.1) is 18.5 Å². The molecule has 2 aliphatic rings. The molecule has 0 unspecified atom stereocenters. The predicted octanol–water partition coefficient (Wildman–Crippen LogP) is 1.41. The van der Waals surface area contributed by atoms with Crippen molar-refractivity contribution in [3.8, 4) is 5.88 Å². The van der Waals surface area contributed by atoms with Crippen molar-refractivity contribution in [3.63, 3.8) is 0 Å². The SMILES string of the molecule is Cn1cc(C(=O)N2CCC(COc3ccc(C4CC4)nn3)CC2)nn1. The van der Waals surface area contributed by atoms with Gasteiger partial charge in [-0.15, -0.1) is 10.2 Å². The van der Waals surface area contributed by atoms with Crippen LogP contribution in [0.2, 0.25) is 0 Å². The summed E-state index contributed by atoms with van der Waals surface area (Å²) in [5.74, 6) is 1.57. The normalized spacial score (nSPS) is 18.4. The molecule has 2 fully saturated rings. The van der Waals surface area contributed by atoms with Gasteiger partial charge in [0.15, 0.2) is 5.69 Å². The highest BCUT2D eigenvalue weighted by Gasteiger charge is 2.26. The Hall–Kier alpha value is -2.51.